The molecule has 2 aliphatic rings. The number of aliphatic hydroxyl groups is 1. The molecule has 2 fully saturated rings. The molecule has 1 heteroatoms. The SMILES string of the molecule is C[C@@H]1CC[C@]2(C)C(C1)[C@@H](C)CC[C@@H]2O. The molecule has 2 saturated carbocycles. The summed E-state index contributed by atoms with van der Waals surface area (Å²) >= 11 is 0. The molecule has 5 atom stereocenters. The van der Waals surface area contributed by atoms with Gasteiger partial charge in [-0.3, -0.25) is 0 Å². The van der Waals surface area contributed by atoms with Crippen molar-refractivity contribution in [2.45, 2.75) is 59.0 Å². The van der Waals surface area contributed by atoms with Gasteiger partial charge in [0, 0.05) is 0 Å². The van der Waals surface area contributed by atoms with Gasteiger partial charge in [0.2, 0.25) is 0 Å². The Morgan fingerprint density at radius 1 is 1.14 bits per heavy atom. The molecule has 0 aliphatic heterocycles. The van der Waals surface area contributed by atoms with Crippen LogP contribution < -0.4 is 0 Å². The van der Waals surface area contributed by atoms with Crippen LogP contribution in [-0.2, 0) is 0 Å². The highest BCUT2D eigenvalue weighted by atomic mass is 16.3. The molecular formula is C13H24O. The largest absolute Gasteiger partial charge is 0.393 e. The smallest absolute Gasteiger partial charge is 0.0596 e. The summed E-state index contributed by atoms with van der Waals surface area (Å²) in [6.07, 6.45) is 6.13. The first-order chi connectivity index (χ1) is 6.54. The maximum Gasteiger partial charge on any atom is 0.0596 e. The van der Waals surface area contributed by atoms with Crippen molar-refractivity contribution in [3.63, 3.8) is 0 Å². The van der Waals surface area contributed by atoms with Gasteiger partial charge in [-0.15, -0.1) is 0 Å². The van der Waals surface area contributed by atoms with Gasteiger partial charge in [0.05, 0.1) is 6.10 Å². The Morgan fingerprint density at radius 3 is 2.57 bits per heavy atom. The summed E-state index contributed by atoms with van der Waals surface area (Å²) < 4.78 is 0. The number of aliphatic hydroxyl groups excluding tert-OH is 1. The minimum Gasteiger partial charge on any atom is -0.393 e. The molecule has 1 nitrogen and oxygen atoms in total. The van der Waals surface area contributed by atoms with Crippen molar-refractivity contribution in [3.8, 4) is 0 Å². The Bertz CT molecular complexity index is 213. The van der Waals surface area contributed by atoms with Crippen molar-refractivity contribution in [3.05, 3.63) is 0 Å². The normalized spacial score (nSPS) is 54.0. The zero-order chi connectivity index (χ0) is 10.3. The second kappa shape index (κ2) is 3.52. The number of hydrogen-bond acceptors (Lipinski definition) is 1. The monoisotopic (exact) mass is 196 g/mol. The average molecular weight is 196 g/mol. The van der Waals surface area contributed by atoms with E-state index in [0.717, 1.165) is 24.2 Å². The number of hydrogen-bond donors (Lipinski definition) is 1. The highest BCUT2D eigenvalue weighted by Gasteiger charge is 2.48. The van der Waals surface area contributed by atoms with Crippen LogP contribution in [0.25, 0.3) is 0 Å². The zero-order valence-corrected chi connectivity index (χ0v) is 9.79. The average Bonchev–Trinajstić information content (AvgIpc) is 2.16. The van der Waals surface area contributed by atoms with Crippen LogP contribution in [0.3, 0.4) is 0 Å². The molecule has 1 unspecified atom stereocenters. The van der Waals surface area contributed by atoms with E-state index in [4.69, 9.17) is 0 Å². The predicted molar refractivity (Wildman–Crippen MR) is 59.0 cm³/mol. The van der Waals surface area contributed by atoms with Crippen molar-refractivity contribution < 1.29 is 5.11 Å². The van der Waals surface area contributed by atoms with Crippen LogP contribution in [0.4, 0.5) is 0 Å². The molecule has 1 N–H and O–H groups in total. The van der Waals surface area contributed by atoms with Crippen LogP contribution in [0, 0.1) is 23.2 Å². The molecule has 2 rings (SSSR count). The molecule has 2 aliphatic carbocycles. The van der Waals surface area contributed by atoms with E-state index in [-0.39, 0.29) is 11.5 Å². The predicted octanol–water partition coefficient (Wildman–Crippen LogP) is 3.22. The van der Waals surface area contributed by atoms with Crippen molar-refractivity contribution in [1.82, 2.24) is 0 Å². The highest BCUT2D eigenvalue weighted by Crippen LogP contribution is 2.53. The van der Waals surface area contributed by atoms with Gasteiger partial charge in [-0.2, -0.15) is 0 Å². The summed E-state index contributed by atoms with van der Waals surface area (Å²) in [6, 6.07) is 0. The first-order valence-electron chi connectivity index (χ1n) is 6.22. The Balaban J connectivity index is 2.19. The minimum absolute atomic E-state index is 0.0313. The minimum atomic E-state index is -0.0313. The lowest BCUT2D eigenvalue weighted by Gasteiger charge is -2.52. The molecule has 14 heavy (non-hydrogen) atoms. The topological polar surface area (TPSA) is 20.2 Å². The third-order valence-corrected chi connectivity index (χ3v) is 5.02. The summed E-state index contributed by atoms with van der Waals surface area (Å²) in [5, 5.41) is 10.2. The number of fused-ring (bicyclic) bond motifs is 1. The van der Waals surface area contributed by atoms with E-state index in [1.807, 2.05) is 0 Å². The third kappa shape index (κ3) is 1.50. The highest BCUT2D eigenvalue weighted by molar-refractivity contribution is 4.98. The van der Waals surface area contributed by atoms with Crippen LogP contribution in [0.2, 0.25) is 0 Å². The van der Waals surface area contributed by atoms with Crippen molar-refractivity contribution in [2.75, 3.05) is 0 Å². The van der Waals surface area contributed by atoms with Gasteiger partial charge in [-0.25, -0.2) is 0 Å². The van der Waals surface area contributed by atoms with Crippen molar-refractivity contribution in [1.29, 1.82) is 0 Å². The summed E-state index contributed by atoms with van der Waals surface area (Å²) in [6.45, 7) is 7.07. The Morgan fingerprint density at radius 2 is 1.86 bits per heavy atom. The van der Waals surface area contributed by atoms with Gasteiger partial charge in [0.1, 0.15) is 0 Å². The molecule has 0 aromatic carbocycles. The maximum atomic E-state index is 10.2. The van der Waals surface area contributed by atoms with Crippen LogP contribution in [0.1, 0.15) is 52.9 Å². The summed E-state index contributed by atoms with van der Waals surface area (Å²) in [5.41, 5.74) is 0.240. The van der Waals surface area contributed by atoms with E-state index in [1.54, 1.807) is 0 Å². The molecule has 0 amide bonds. The van der Waals surface area contributed by atoms with E-state index in [2.05, 4.69) is 20.8 Å². The molecular weight excluding hydrogens is 172 g/mol. The molecule has 82 valence electrons. The fourth-order valence-corrected chi connectivity index (χ4v) is 3.81. The first-order valence-corrected chi connectivity index (χ1v) is 6.22. The Hall–Kier alpha value is -0.0400. The van der Waals surface area contributed by atoms with E-state index in [1.165, 1.54) is 25.7 Å². The zero-order valence-electron chi connectivity index (χ0n) is 9.79. The van der Waals surface area contributed by atoms with E-state index < -0.39 is 0 Å². The van der Waals surface area contributed by atoms with Gasteiger partial charge < -0.3 is 5.11 Å². The Labute approximate surface area is 87.9 Å². The van der Waals surface area contributed by atoms with Gasteiger partial charge in [0.25, 0.3) is 0 Å². The first kappa shape index (κ1) is 10.5. The van der Waals surface area contributed by atoms with Crippen LogP contribution in [-0.4, -0.2) is 11.2 Å². The fourth-order valence-electron chi connectivity index (χ4n) is 3.81. The summed E-state index contributed by atoms with van der Waals surface area (Å²) in [5.74, 6) is 2.47. The van der Waals surface area contributed by atoms with Crippen molar-refractivity contribution in [2.24, 2.45) is 23.2 Å². The molecule has 0 heterocycles. The van der Waals surface area contributed by atoms with E-state index >= 15 is 0 Å². The lowest BCUT2D eigenvalue weighted by molar-refractivity contribution is -0.0973. The quantitative estimate of drug-likeness (QED) is 0.630. The van der Waals surface area contributed by atoms with Gasteiger partial charge in [-0.05, 0) is 48.9 Å². The lowest BCUT2D eigenvalue weighted by atomic mass is 9.54. The van der Waals surface area contributed by atoms with Crippen LogP contribution in [0.15, 0.2) is 0 Å². The Kier molecular flexibility index (Phi) is 2.63. The van der Waals surface area contributed by atoms with E-state index in [0.29, 0.717) is 0 Å². The molecule has 0 radical (unpaired) electrons. The van der Waals surface area contributed by atoms with E-state index in [9.17, 15) is 5.11 Å². The van der Waals surface area contributed by atoms with Crippen LogP contribution in [0.5, 0.6) is 0 Å². The maximum absolute atomic E-state index is 10.2. The summed E-state index contributed by atoms with van der Waals surface area (Å²) in [7, 11) is 0. The standard InChI is InChI=1S/C13H24O/c1-9-6-7-13(3)11(8-9)10(2)4-5-12(13)14/h9-12,14H,4-8H2,1-3H3/t9-,10+,11?,12+,13-/m1/s1. The molecule has 0 saturated heterocycles. The molecule has 0 aromatic heterocycles. The fraction of sp³-hybridized carbons (Fsp3) is 1.00. The number of rotatable bonds is 0. The van der Waals surface area contributed by atoms with Crippen molar-refractivity contribution >= 4 is 0 Å². The molecule has 0 aromatic rings. The van der Waals surface area contributed by atoms with Gasteiger partial charge in [0.15, 0.2) is 0 Å². The van der Waals surface area contributed by atoms with Gasteiger partial charge in [-0.1, -0.05) is 27.2 Å². The van der Waals surface area contributed by atoms with Gasteiger partial charge >= 0.3 is 0 Å². The summed E-state index contributed by atoms with van der Waals surface area (Å²) in [4.78, 5) is 0. The second-order valence-electron chi connectivity index (χ2n) is 6.06. The lowest BCUT2D eigenvalue weighted by Crippen LogP contribution is -2.49. The molecule has 0 spiro atoms. The van der Waals surface area contributed by atoms with Crippen LogP contribution >= 0.6 is 0 Å². The molecule has 0 bridgehead atoms. The second-order valence-corrected chi connectivity index (χ2v) is 6.06. The third-order valence-electron chi connectivity index (χ3n) is 5.02.